The third-order valence-electron chi connectivity index (χ3n) is 3.62. The second-order valence-corrected chi connectivity index (χ2v) is 5.12. The van der Waals surface area contributed by atoms with Gasteiger partial charge >= 0.3 is 0 Å². The molecule has 2 N–H and O–H groups in total. The van der Waals surface area contributed by atoms with Crippen molar-refractivity contribution in [3.8, 4) is 0 Å². The minimum atomic E-state index is -0.111. The lowest BCUT2D eigenvalue weighted by Crippen LogP contribution is -2.25. The number of amides is 1. The van der Waals surface area contributed by atoms with Gasteiger partial charge in [0.15, 0.2) is 0 Å². The zero-order valence-electron chi connectivity index (χ0n) is 11.7. The van der Waals surface area contributed by atoms with Crippen LogP contribution >= 0.6 is 0 Å². The fourth-order valence-electron chi connectivity index (χ4n) is 2.66. The van der Waals surface area contributed by atoms with Crippen LogP contribution in [0.2, 0.25) is 0 Å². The Labute approximate surface area is 118 Å². The average molecular weight is 270 g/mol. The van der Waals surface area contributed by atoms with E-state index in [0.29, 0.717) is 5.69 Å². The van der Waals surface area contributed by atoms with Gasteiger partial charge in [0.2, 0.25) is 0 Å². The van der Waals surface area contributed by atoms with Gasteiger partial charge in [-0.15, -0.1) is 0 Å². The predicted molar refractivity (Wildman–Crippen MR) is 77.8 cm³/mol. The summed E-state index contributed by atoms with van der Waals surface area (Å²) < 4.78 is 1.61. The number of carbonyl (C=O) groups is 1. The topological polar surface area (TPSA) is 59.0 Å². The molecule has 0 unspecified atom stereocenters. The van der Waals surface area contributed by atoms with Gasteiger partial charge in [-0.05, 0) is 43.1 Å². The Bertz CT molecular complexity index is 660. The maximum absolute atomic E-state index is 12.3. The summed E-state index contributed by atoms with van der Waals surface area (Å²) in [6, 6.07) is 7.85. The summed E-state index contributed by atoms with van der Waals surface area (Å²) in [6.45, 7) is 3.70. The molecule has 2 aromatic rings. The number of carbonyl (C=O) groups excluding carboxylic acids is 1. The van der Waals surface area contributed by atoms with E-state index in [1.54, 1.807) is 17.8 Å². The number of benzene rings is 1. The van der Waals surface area contributed by atoms with Crippen molar-refractivity contribution in [1.82, 2.24) is 15.1 Å². The molecule has 5 heteroatoms. The van der Waals surface area contributed by atoms with Gasteiger partial charge in [0.1, 0.15) is 5.69 Å². The van der Waals surface area contributed by atoms with Gasteiger partial charge in [0.05, 0.1) is 5.69 Å². The molecule has 0 bridgehead atoms. The van der Waals surface area contributed by atoms with Gasteiger partial charge in [-0.2, -0.15) is 5.10 Å². The van der Waals surface area contributed by atoms with Gasteiger partial charge < -0.3 is 10.6 Å². The van der Waals surface area contributed by atoms with E-state index < -0.39 is 0 Å². The monoisotopic (exact) mass is 270 g/mol. The Kier molecular flexibility index (Phi) is 3.28. The summed E-state index contributed by atoms with van der Waals surface area (Å²) in [5.41, 5.74) is 4.83. The van der Waals surface area contributed by atoms with E-state index in [1.807, 2.05) is 19.1 Å². The first kappa shape index (κ1) is 12.9. The van der Waals surface area contributed by atoms with Crippen LogP contribution in [0.3, 0.4) is 0 Å². The first-order chi connectivity index (χ1) is 9.65. The molecule has 1 aromatic carbocycles. The molecule has 0 spiro atoms. The molecular weight excluding hydrogens is 252 g/mol. The Hall–Kier alpha value is -2.14. The maximum Gasteiger partial charge on any atom is 0.273 e. The van der Waals surface area contributed by atoms with Crippen molar-refractivity contribution < 1.29 is 4.79 Å². The molecule has 0 aliphatic carbocycles. The number of aryl methyl sites for hydroxylation is 2. The molecule has 0 atom stereocenters. The average Bonchev–Trinajstić information content (AvgIpc) is 2.78. The lowest BCUT2D eigenvalue weighted by atomic mass is 9.99. The largest absolute Gasteiger partial charge is 0.320 e. The molecule has 1 amide bonds. The molecule has 0 radical (unpaired) electrons. The number of nitrogens with one attached hydrogen (secondary N) is 2. The quantitative estimate of drug-likeness (QED) is 0.872. The summed E-state index contributed by atoms with van der Waals surface area (Å²) in [7, 11) is 1.78. The highest BCUT2D eigenvalue weighted by molar-refractivity contribution is 6.03. The minimum Gasteiger partial charge on any atom is -0.320 e. The first-order valence-electron chi connectivity index (χ1n) is 6.78. The van der Waals surface area contributed by atoms with Crippen molar-refractivity contribution in [2.75, 3.05) is 11.9 Å². The summed E-state index contributed by atoms with van der Waals surface area (Å²) in [6.07, 6.45) is 0.941. The molecule has 3 rings (SSSR count). The van der Waals surface area contributed by atoms with Crippen molar-refractivity contribution in [2.45, 2.75) is 19.9 Å². The van der Waals surface area contributed by atoms with E-state index in [4.69, 9.17) is 0 Å². The van der Waals surface area contributed by atoms with E-state index in [2.05, 4.69) is 21.8 Å². The van der Waals surface area contributed by atoms with Crippen molar-refractivity contribution in [3.05, 3.63) is 46.8 Å². The molecule has 5 nitrogen and oxygen atoms in total. The summed E-state index contributed by atoms with van der Waals surface area (Å²) in [5, 5.41) is 10.6. The SMILES string of the molecule is Cc1cc(C(=O)Nc2cccc3c2CCNC3)n(C)n1. The van der Waals surface area contributed by atoms with E-state index >= 15 is 0 Å². The van der Waals surface area contributed by atoms with E-state index in [0.717, 1.165) is 30.9 Å². The highest BCUT2D eigenvalue weighted by Crippen LogP contribution is 2.23. The van der Waals surface area contributed by atoms with Crippen LogP contribution in [0.15, 0.2) is 24.3 Å². The number of hydrogen-bond acceptors (Lipinski definition) is 3. The molecule has 20 heavy (non-hydrogen) atoms. The minimum absolute atomic E-state index is 0.111. The van der Waals surface area contributed by atoms with Crippen LogP contribution in [0, 0.1) is 6.92 Å². The maximum atomic E-state index is 12.3. The molecule has 1 aliphatic heterocycles. The molecule has 0 saturated heterocycles. The fourth-order valence-corrected chi connectivity index (χ4v) is 2.66. The van der Waals surface area contributed by atoms with Gasteiger partial charge in [0.25, 0.3) is 5.91 Å². The van der Waals surface area contributed by atoms with E-state index in [9.17, 15) is 4.79 Å². The molecule has 0 saturated carbocycles. The van der Waals surface area contributed by atoms with Crippen molar-refractivity contribution in [3.63, 3.8) is 0 Å². The zero-order valence-corrected chi connectivity index (χ0v) is 11.7. The second-order valence-electron chi connectivity index (χ2n) is 5.12. The van der Waals surface area contributed by atoms with Gasteiger partial charge in [-0.1, -0.05) is 12.1 Å². The second kappa shape index (κ2) is 5.09. The number of rotatable bonds is 2. The number of aromatic nitrogens is 2. The first-order valence-corrected chi connectivity index (χ1v) is 6.78. The lowest BCUT2D eigenvalue weighted by molar-refractivity contribution is 0.101. The van der Waals surface area contributed by atoms with Crippen molar-refractivity contribution in [1.29, 1.82) is 0 Å². The Morgan fingerprint density at radius 3 is 3.05 bits per heavy atom. The smallest absolute Gasteiger partial charge is 0.273 e. The van der Waals surface area contributed by atoms with Crippen LogP contribution in [0.5, 0.6) is 0 Å². The molecule has 104 valence electrons. The Morgan fingerprint density at radius 1 is 1.45 bits per heavy atom. The molecule has 0 fully saturated rings. The van der Waals surface area contributed by atoms with Gasteiger partial charge in [-0.25, -0.2) is 0 Å². The van der Waals surface area contributed by atoms with Gasteiger partial charge in [-0.3, -0.25) is 9.48 Å². The van der Waals surface area contributed by atoms with Crippen molar-refractivity contribution in [2.24, 2.45) is 7.05 Å². The normalized spacial score (nSPS) is 13.9. The zero-order chi connectivity index (χ0) is 14.1. The highest BCUT2D eigenvalue weighted by atomic mass is 16.2. The van der Waals surface area contributed by atoms with Crippen molar-refractivity contribution >= 4 is 11.6 Å². The molecule has 1 aromatic heterocycles. The third kappa shape index (κ3) is 2.32. The molecule has 1 aliphatic rings. The van der Waals surface area contributed by atoms with E-state index in [-0.39, 0.29) is 5.91 Å². The van der Waals surface area contributed by atoms with E-state index in [1.165, 1.54) is 11.1 Å². The Balaban J connectivity index is 1.88. The summed E-state index contributed by atoms with van der Waals surface area (Å²) in [5.74, 6) is -0.111. The number of anilines is 1. The lowest BCUT2D eigenvalue weighted by Gasteiger charge is -2.20. The fraction of sp³-hybridized carbons (Fsp3) is 0.333. The van der Waals surface area contributed by atoms with Gasteiger partial charge in [0, 0.05) is 19.3 Å². The molecular formula is C15H18N4O. The standard InChI is InChI=1S/C15H18N4O/c1-10-8-14(19(2)18-10)15(20)17-13-5-3-4-11-9-16-7-6-12(11)13/h3-5,8,16H,6-7,9H2,1-2H3,(H,17,20). The summed E-state index contributed by atoms with van der Waals surface area (Å²) >= 11 is 0. The molecule has 2 heterocycles. The van der Waals surface area contributed by atoms with Crippen LogP contribution in [0.1, 0.15) is 27.3 Å². The Morgan fingerprint density at radius 2 is 2.30 bits per heavy atom. The van der Waals surface area contributed by atoms with Crippen LogP contribution in [0.25, 0.3) is 0 Å². The predicted octanol–water partition coefficient (Wildman–Crippen LogP) is 1.63. The van der Waals surface area contributed by atoms with Crippen LogP contribution in [0.4, 0.5) is 5.69 Å². The number of fused-ring (bicyclic) bond motifs is 1. The third-order valence-corrected chi connectivity index (χ3v) is 3.62. The highest BCUT2D eigenvalue weighted by Gasteiger charge is 2.16. The number of hydrogen-bond donors (Lipinski definition) is 2. The number of nitrogens with zero attached hydrogens (tertiary/aromatic N) is 2. The van der Waals surface area contributed by atoms with Crippen LogP contribution in [-0.2, 0) is 20.0 Å². The van der Waals surface area contributed by atoms with Crippen LogP contribution in [-0.4, -0.2) is 22.2 Å². The van der Waals surface area contributed by atoms with Crippen LogP contribution < -0.4 is 10.6 Å². The summed E-state index contributed by atoms with van der Waals surface area (Å²) in [4.78, 5) is 12.3.